The number of hydrogen-bond donors (Lipinski definition) is 4. The quantitative estimate of drug-likeness (QED) is 0.446. The molecular formula is C20H18N6O5. The fraction of sp³-hybridized carbons (Fsp3) is 0.200. The zero-order valence-electron chi connectivity index (χ0n) is 16.1. The summed E-state index contributed by atoms with van der Waals surface area (Å²) < 4.78 is 5.36. The van der Waals surface area contributed by atoms with Gasteiger partial charge in [-0.05, 0) is 27.5 Å². The van der Waals surface area contributed by atoms with E-state index in [0.29, 0.717) is 0 Å². The number of carbonyl (C=O) groups excluding carboxylic acids is 2. The van der Waals surface area contributed by atoms with Crippen molar-refractivity contribution in [3.8, 4) is 11.1 Å². The molecule has 0 saturated heterocycles. The number of nitrogens with zero attached hydrogens (tertiary/aromatic N) is 3. The van der Waals surface area contributed by atoms with Crippen LogP contribution in [0.1, 0.15) is 23.5 Å². The Morgan fingerprint density at radius 1 is 1.06 bits per heavy atom. The SMILES string of the molecule is O=C(O)CC(NC(=O)OCC1c2ccccc2-c2ccccc21)C(=O)Nc1nn[nH]n1. The number of carboxylic acids is 1. The van der Waals surface area contributed by atoms with Crippen LogP contribution in [-0.4, -0.2) is 56.3 Å². The van der Waals surface area contributed by atoms with Crippen LogP contribution >= 0.6 is 0 Å². The van der Waals surface area contributed by atoms with Gasteiger partial charge in [0, 0.05) is 5.92 Å². The Balaban J connectivity index is 1.43. The summed E-state index contributed by atoms with van der Waals surface area (Å²) >= 11 is 0. The number of alkyl carbamates (subject to hydrolysis) is 1. The lowest BCUT2D eigenvalue weighted by atomic mass is 9.98. The molecule has 4 rings (SSSR count). The minimum absolute atomic E-state index is 0.0338. The van der Waals surface area contributed by atoms with E-state index < -0.39 is 30.4 Å². The summed E-state index contributed by atoms with van der Waals surface area (Å²) in [5, 5.41) is 26.2. The monoisotopic (exact) mass is 422 g/mol. The smallest absolute Gasteiger partial charge is 0.407 e. The Kier molecular flexibility index (Phi) is 5.56. The molecule has 31 heavy (non-hydrogen) atoms. The Morgan fingerprint density at radius 2 is 1.71 bits per heavy atom. The molecule has 0 bridgehead atoms. The molecule has 1 aliphatic rings. The fourth-order valence-electron chi connectivity index (χ4n) is 3.58. The molecule has 158 valence electrons. The molecule has 0 aliphatic heterocycles. The molecule has 2 aromatic carbocycles. The summed E-state index contributed by atoms with van der Waals surface area (Å²) in [7, 11) is 0. The lowest BCUT2D eigenvalue weighted by molar-refractivity contribution is -0.139. The summed E-state index contributed by atoms with van der Waals surface area (Å²) in [6.45, 7) is 0.0338. The van der Waals surface area contributed by atoms with Crippen LogP contribution in [0.5, 0.6) is 0 Å². The first-order chi connectivity index (χ1) is 15.0. The lowest BCUT2D eigenvalue weighted by Crippen LogP contribution is -2.45. The van der Waals surface area contributed by atoms with E-state index in [2.05, 4.69) is 31.3 Å². The number of carboxylic acid groups (broad SMARTS) is 1. The molecule has 1 aromatic heterocycles. The maximum Gasteiger partial charge on any atom is 0.407 e. The van der Waals surface area contributed by atoms with Gasteiger partial charge in [-0.1, -0.05) is 53.6 Å². The first kappa shape index (κ1) is 20.0. The van der Waals surface area contributed by atoms with Crippen molar-refractivity contribution in [3.05, 3.63) is 59.7 Å². The molecule has 3 aromatic rings. The standard InChI is InChI=1S/C20H18N6O5/c27-17(28)9-16(18(29)22-19-23-25-26-24-19)21-20(30)31-10-15-13-7-3-1-5-11(13)12-6-2-4-8-14(12)15/h1-8,15-16H,9-10H2,(H,21,30)(H,27,28)(H2,22,23,24,25,26,29). The van der Waals surface area contributed by atoms with Gasteiger partial charge in [0.25, 0.3) is 5.95 Å². The van der Waals surface area contributed by atoms with Crippen molar-refractivity contribution in [3.63, 3.8) is 0 Å². The van der Waals surface area contributed by atoms with Crippen LogP contribution in [0.25, 0.3) is 11.1 Å². The van der Waals surface area contributed by atoms with Gasteiger partial charge in [-0.3, -0.25) is 14.9 Å². The van der Waals surface area contributed by atoms with Crippen molar-refractivity contribution < 1.29 is 24.2 Å². The van der Waals surface area contributed by atoms with Gasteiger partial charge in [-0.2, -0.15) is 5.21 Å². The van der Waals surface area contributed by atoms with Crippen LogP contribution in [0, 0.1) is 0 Å². The molecule has 0 fully saturated rings. The third-order valence-corrected chi connectivity index (χ3v) is 4.91. The normalized spacial score (nSPS) is 13.0. The minimum atomic E-state index is -1.38. The minimum Gasteiger partial charge on any atom is -0.481 e. The second-order valence-electron chi connectivity index (χ2n) is 6.84. The van der Waals surface area contributed by atoms with Crippen molar-refractivity contribution in [1.82, 2.24) is 25.9 Å². The number of carbonyl (C=O) groups is 3. The summed E-state index contributed by atoms with van der Waals surface area (Å²) in [5.74, 6) is -2.39. The van der Waals surface area contributed by atoms with Crippen LogP contribution in [0.15, 0.2) is 48.5 Å². The van der Waals surface area contributed by atoms with Crippen molar-refractivity contribution in [1.29, 1.82) is 0 Å². The highest BCUT2D eigenvalue weighted by atomic mass is 16.5. The van der Waals surface area contributed by atoms with E-state index in [-0.39, 0.29) is 18.5 Å². The van der Waals surface area contributed by atoms with Gasteiger partial charge in [-0.25, -0.2) is 4.79 Å². The van der Waals surface area contributed by atoms with Crippen LogP contribution in [0.4, 0.5) is 10.7 Å². The predicted octanol–water partition coefficient (Wildman–Crippen LogP) is 1.52. The highest BCUT2D eigenvalue weighted by Gasteiger charge is 2.30. The van der Waals surface area contributed by atoms with Crippen LogP contribution in [0.3, 0.4) is 0 Å². The topological polar surface area (TPSA) is 159 Å². The van der Waals surface area contributed by atoms with E-state index in [1.165, 1.54) is 0 Å². The number of ether oxygens (including phenoxy) is 1. The molecule has 1 unspecified atom stereocenters. The third-order valence-electron chi connectivity index (χ3n) is 4.91. The number of fused-ring (bicyclic) bond motifs is 3. The molecule has 0 spiro atoms. The third kappa shape index (κ3) is 4.34. The van der Waals surface area contributed by atoms with E-state index in [0.717, 1.165) is 22.3 Å². The molecule has 4 N–H and O–H groups in total. The van der Waals surface area contributed by atoms with Gasteiger partial charge in [0.05, 0.1) is 6.42 Å². The average molecular weight is 422 g/mol. The molecule has 2 amide bonds. The van der Waals surface area contributed by atoms with Crippen molar-refractivity contribution in [2.24, 2.45) is 0 Å². The molecule has 11 nitrogen and oxygen atoms in total. The largest absolute Gasteiger partial charge is 0.481 e. The number of amides is 2. The first-order valence-electron chi connectivity index (χ1n) is 9.40. The summed E-state index contributed by atoms with van der Waals surface area (Å²) in [4.78, 5) is 35.8. The van der Waals surface area contributed by atoms with Gasteiger partial charge in [0.2, 0.25) is 5.91 Å². The number of benzene rings is 2. The highest BCUT2D eigenvalue weighted by Crippen LogP contribution is 2.44. The molecule has 11 heteroatoms. The molecule has 1 atom stereocenters. The Labute approximate surface area is 175 Å². The van der Waals surface area contributed by atoms with E-state index in [1.54, 1.807) is 0 Å². The number of rotatable bonds is 7. The zero-order chi connectivity index (χ0) is 21.8. The summed E-state index contributed by atoms with van der Waals surface area (Å²) in [6, 6.07) is 14.3. The Bertz CT molecular complexity index is 1070. The number of H-pyrrole nitrogens is 1. The van der Waals surface area contributed by atoms with E-state index in [1.807, 2.05) is 48.5 Å². The molecule has 0 saturated carbocycles. The number of aromatic amines is 1. The number of aromatic nitrogens is 4. The molecule has 0 radical (unpaired) electrons. The van der Waals surface area contributed by atoms with Gasteiger partial charge in [-0.15, -0.1) is 5.10 Å². The van der Waals surface area contributed by atoms with Crippen molar-refractivity contribution in [2.75, 3.05) is 11.9 Å². The van der Waals surface area contributed by atoms with Crippen LogP contribution < -0.4 is 10.6 Å². The summed E-state index contributed by atoms with van der Waals surface area (Å²) in [5.41, 5.74) is 4.23. The first-order valence-corrected chi connectivity index (χ1v) is 9.40. The number of hydrogen-bond acceptors (Lipinski definition) is 7. The second kappa shape index (κ2) is 8.61. The van der Waals surface area contributed by atoms with Crippen molar-refractivity contribution >= 4 is 23.9 Å². The van der Waals surface area contributed by atoms with E-state index in [4.69, 9.17) is 9.84 Å². The second-order valence-corrected chi connectivity index (χ2v) is 6.84. The Morgan fingerprint density at radius 3 is 2.29 bits per heavy atom. The van der Waals surface area contributed by atoms with Gasteiger partial charge >= 0.3 is 12.1 Å². The van der Waals surface area contributed by atoms with E-state index in [9.17, 15) is 14.4 Å². The van der Waals surface area contributed by atoms with Gasteiger partial charge < -0.3 is 15.2 Å². The van der Waals surface area contributed by atoms with Gasteiger partial charge in [0.15, 0.2) is 0 Å². The zero-order valence-corrected chi connectivity index (χ0v) is 16.1. The maximum absolute atomic E-state index is 12.4. The van der Waals surface area contributed by atoms with Crippen LogP contribution in [-0.2, 0) is 14.3 Å². The van der Waals surface area contributed by atoms with Crippen LogP contribution in [0.2, 0.25) is 0 Å². The van der Waals surface area contributed by atoms with Gasteiger partial charge in [0.1, 0.15) is 12.6 Å². The Hall–Kier alpha value is -4.28. The molecule has 1 heterocycles. The maximum atomic E-state index is 12.4. The molecule has 1 aliphatic carbocycles. The number of nitrogens with one attached hydrogen (secondary N) is 3. The van der Waals surface area contributed by atoms with Crippen molar-refractivity contribution in [2.45, 2.75) is 18.4 Å². The number of aliphatic carboxylic acids is 1. The lowest BCUT2D eigenvalue weighted by Gasteiger charge is -2.18. The van der Waals surface area contributed by atoms with E-state index >= 15 is 0 Å². The summed E-state index contributed by atoms with van der Waals surface area (Å²) in [6.07, 6.45) is -1.55. The average Bonchev–Trinajstić information content (AvgIpc) is 3.37. The number of anilines is 1. The molecular weight excluding hydrogens is 404 g/mol. The predicted molar refractivity (Wildman–Crippen MR) is 107 cm³/mol. The number of tetrazole rings is 1. The fourth-order valence-corrected chi connectivity index (χ4v) is 3.58. The highest BCUT2D eigenvalue weighted by molar-refractivity contribution is 5.97.